The minimum Gasteiger partial charge on any atom is -0.316 e. The van der Waals surface area contributed by atoms with Gasteiger partial charge in [0.05, 0.1) is 22.8 Å². The Morgan fingerprint density at radius 3 is 1.26 bits per heavy atom. The normalized spacial score (nSPS) is 12.3. The second-order valence-corrected chi connectivity index (χ2v) is 7.89. The Bertz CT molecular complexity index is 879. The molecule has 0 atom stereocenters. The third-order valence-corrected chi connectivity index (χ3v) is 5.62. The van der Waals surface area contributed by atoms with E-state index in [0.29, 0.717) is 0 Å². The van der Waals surface area contributed by atoms with Crippen LogP contribution < -0.4 is 0 Å². The Labute approximate surface area is 230 Å². The number of hydrogen-bond donors (Lipinski definition) is 0. The van der Waals surface area contributed by atoms with Gasteiger partial charge in [0, 0.05) is 63.8 Å². The van der Waals surface area contributed by atoms with Crippen LogP contribution in [0.4, 0.5) is 0 Å². The Hall–Kier alpha value is -2.23. The Balaban J connectivity index is 0.000000642. The van der Waals surface area contributed by atoms with Gasteiger partial charge in [-0.1, -0.05) is 22.3 Å². The molecule has 2 rings (SSSR count). The fourth-order valence-electron chi connectivity index (χ4n) is 2.67. The molecule has 8 nitrogen and oxygen atoms in total. The molecular formula is C24H38N8NiS2+4. The topological polar surface area (TPSA) is 81.7 Å². The summed E-state index contributed by atoms with van der Waals surface area (Å²) >= 11 is 6.93. The maximum absolute atomic E-state index is 4.21. The predicted octanol–water partition coefficient (Wildman–Crippen LogP) is 3.03. The van der Waals surface area contributed by atoms with E-state index in [1.165, 1.54) is 0 Å². The summed E-state index contributed by atoms with van der Waals surface area (Å²) in [5, 5.41) is 18.1. The molecule has 0 unspecified atom stereocenters. The summed E-state index contributed by atoms with van der Waals surface area (Å²) in [5.74, 6) is 0. The van der Waals surface area contributed by atoms with Crippen molar-refractivity contribution in [1.82, 2.24) is 19.8 Å². The molecule has 0 aliphatic carbocycles. The molecule has 2 aromatic rings. The van der Waals surface area contributed by atoms with E-state index in [4.69, 9.17) is 0 Å². The molecule has 0 spiro atoms. The number of hydrogen-bond acceptors (Lipinski definition) is 6. The van der Waals surface area contributed by atoms with Crippen LogP contribution in [0.25, 0.3) is 0 Å². The average Bonchev–Trinajstić information content (AvgIpc) is 2.88. The van der Waals surface area contributed by atoms with Gasteiger partial charge in [0.1, 0.15) is 0 Å². The van der Waals surface area contributed by atoms with Gasteiger partial charge in [0.25, 0.3) is 0 Å². The molecule has 0 aromatic carbocycles. The molecule has 0 N–H and O–H groups in total. The first-order valence-corrected chi connectivity index (χ1v) is 12.4. The van der Waals surface area contributed by atoms with Crippen molar-refractivity contribution in [2.45, 2.75) is 41.5 Å². The molecule has 0 fully saturated rings. The largest absolute Gasteiger partial charge is 2.00 e. The molecule has 0 aliphatic rings. The molecule has 0 bridgehead atoms. The summed E-state index contributed by atoms with van der Waals surface area (Å²) in [6.45, 7) is 15.7. The van der Waals surface area contributed by atoms with Gasteiger partial charge in [-0.2, -0.15) is 0 Å². The van der Waals surface area contributed by atoms with E-state index in [2.05, 4.69) is 93.1 Å². The minimum absolute atomic E-state index is 0. The fourth-order valence-corrected chi connectivity index (χ4v) is 3.41. The zero-order chi connectivity index (χ0) is 25.3. The van der Waals surface area contributed by atoms with Crippen molar-refractivity contribution < 1.29 is 16.5 Å². The second kappa shape index (κ2) is 19.0. The third-order valence-electron chi connectivity index (χ3n) is 4.79. The van der Waals surface area contributed by atoms with Crippen molar-refractivity contribution in [1.29, 1.82) is 0 Å². The first-order chi connectivity index (χ1) is 16.4. The fraction of sp³-hybridized carbons (Fsp3) is 0.417. The molecule has 2 aromatic heterocycles. The van der Waals surface area contributed by atoms with E-state index in [1.54, 1.807) is 12.4 Å². The van der Waals surface area contributed by atoms with Gasteiger partial charge >= 0.3 is 26.8 Å². The van der Waals surface area contributed by atoms with Crippen LogP contribution in [-0.4, -0.2) is 67.7 Å². The smallest absolute Gasteiger partial charge is 0.316 e. The van der Waals surface area contributed by atoms with Crippen molar-refractivity contribution >= 4 is 47.0 Å². The van der Waals surface area contributed by atoms with Crippen molar-refractivity contribution in [2.24, 2.45) is 20.4 Å². The monoisotopic (exact) mass is 560 g/mol. The van der Waals surface area contributed by atoms with Gasteiger partial charge in [-0.25, -0.2) is 0 Å². The molecule has 2 heterocycles. The van der Waals surface area contributed by atoms with E-state index in [-0.39, 0.29) is 16.5 Å². The van der Waals surface area contributed by atoms with E-state index in [1.807, 2.05) is 50.2 Å². The van der Waals surface area contributed by atoms with Crippen molar-refractivity contribution in [3.8, 4) is 0 Å². The van der Waals surface area contributed by atoms with Gasteiger partial charge in [-0.3, -0.25) is 9.97 Å². The third kappa shape index (κ3) is 12.3. The molecule has 192 valence electrons. The standard InChI is InChI=1S/2C12H18N4S.Ni/c2*1-4-16(5-2)12(17)15-14-10(3)11-8-6-7-9-13-11;/h2*6-9H,4-5H2,1-3H3,(H,15,17);/q;;+2/p+2. The van der Waals surface area contributed by atoms with Crippen LogP contribution in [0.5, 0.6) is 0 Å². The molecule has 0 aliphatic heterocycles. The number of rotatable bonds is 8. The molecule has 35 heavy (non-hydrogen) atoms. The summed E-state index contributed by atoms with van der Waals surface area (Å²) in [7, 11) is 0. The number of aromatic nitrogens is 2. The Morgan fingerprint density at radius 2 is 1.00 bits per heavy atom. The van der Waals surface area contributed by atoms with E-state index in [9.17, 15) is 0 Å². The van der Waals surface area contributed by atoms with Gasteiger partial charge in [0.2, 0.25) is 0 Å². The van der Waals surface area contributed by atoms with Crippen molar-refractivity contribution in [3.63, 3.8) is 0 Å². The second-order valence-electron chi connectivity index (χ2n) is 6.99. The quantitative estimate of drug-likeness (QED) is 0.163. The molecular weight excluding hydrogens is 523 g/mol. The molecule has 0 radical (unpaired) electrons. The maximum Gasteiger partial charge on any atom is 2.00 e. The van der Waals surface area contributed by atoms with Crippen LogP contribution in [0.15, 0.2) is 69.2 Å². The van der Waals surface area contributed by atoms with Crippen LogP contribution in [0, 0.1) is 0 Å². The summed E-state index contributed by atoms with van der Waals surface area (Å²) in [4.78, 5) is 12.6. The predicted molar refractivity (Wildman–Crippen MR) is 154 cm³/mol. The van der Waals surface area contributed by atoms with Crippen molar-refractivity contribution in [3.05, 3.63) is 60.2 Å². The first-order valence-electron chi connectivity index (χ1n) is 11.4. The van der Waals surface area contributed by atoms with E-state index < -0.39 is 0 Å². The van der Waals surface area contributed by atoms with E-state index in [0.717, 1.165) is 59.3 Å². The van der Waals surface area contributed by atoms with Gasteiger partial charge < -0.3 is 9.80 Å². The SMILES string of the molecule is CCN(CC)C([SH2+])=NN=C(C)c1ccccn1.CCN(CC)C([SH2+])=NN=C(C)c1ccccn1.[Ni+2]. The maximum atomic E-state index is 4.21. The molecule has 11 heteroatoms. The van der Waals surface area contributed by atoms with Crippen LogP contribution >= 0.6 is 0 Å². The zero-order valence-electron chi connectivity index (χ0n) is 21.3. The summed E-state index contributed by atoms with van der Waals surface area (Å²) in [6.07, 6.45) is 3.49. The van der Waals surface area contributed by atoms with E-state index >= 15 is 0 Å². The first kappa shape index (κ1) is 32.8. The number of nitrogens with zero attached hydrogens (tertiary/aromatic N) is 8. The summed E-state index contributed by atoms with van der Waals surface area (Å²) in [6, 6.07) is 11.5. The number of amidine groups is 2. The van der Waals surface area contributed by atoms with Crippen LogP contribution in [0.1, 0.15) is 52.9 Å². The Kier molecular flexibility index (Phi) is 17.8. The molecule has 0 amide bonds. The molecule has 0 saturated carbocycles. The number of pyridine rings is 2. The van der Waals surface area contributed by atoms with Crippen LogP contribution in [-0.2, 0) is 41.7 Å². The minimum atomic E-state index is 0. The summed E-state index contributed by atoms with van der Waals surface area (Å²) in [5.41, 5.74) is 3.28. The van der Waals surface area contributed by atoms with Gasteiger partial charge in [-0.05, 0) is 65.8 Å². The summed E-state index contributed by atoms with van der Waals surface area (Å²) < 4.78 is 0. The Morgan fingerprint density at radius 1 is 0.657 bits per heavy atom. The van der Waals surface area contributed by atoms with Crippen molar-refractivity contribution in [2.75, 3.05) is 26.2 Å². The van der Waals surface area contributed by atoms with Gasteiger partial charge in [0.15, 0.2) is 0 Å². The van der Waals surface area contributed by atoms with Gasteiger partial charge in [-0.15, -0.1) is 10.2 Å². The average molecular weight is 561 g/mol. The van der Waals surface area contributed by atoms with Crippen LogP contribution in [0.2, 0.25) is 0 Å². The zero-order valence-corrected chi connectivity index (χ0v) is 24.3. The van der Waals surface area contributed by atoms with Crippen LogP contribution in [0.3, 0.4) is 0 Å². The molecule has 0 saturated heterocycles.